The van der Waals surface area contributed by atoms with Gasteiger partial charge in [0.1, 0.15) is 0 Å². The lowest BCUT2D eigenvalue weighted by Gasteiger charge is -2.23. The van der Waals surface area contributed by atoms with Crippen LogP contribution < -0.4 is 0 Å². The van der Waals surface area contributed by atoms with Gasteiger partial charge in [-0.3, -0.25) is 4.57 Å². The van der Waals surface area contributed by atoms with Crippen LogP contribution in [0.1, 0.15) is 16.8 Å². The third kappa shape index (κ3) is 2.80. The quantitative estimate of drug-likeness (QED) is 0.526. The van der Waals surface area contributed by atoms with Crippen LogP contribution in [0.4, 0.5) is 0 Å². The number of rotatable bonds is 0. The van der Waals surface area contributed by atoms with Crippen LogP contribution in [-0.4, -0.2) is 23.1 Å². The molecule has 4 rings (SSSR count). The molecule has 4 heteroatoms. The molecule has 0 N–H and O–H groups in total. The van der Waals surface area contributed by atoms with Gasteiger partial charge >= 0.3 is 0 Å². The molecule has 1 aromatic heterocycles. The average molecular weight is 355 g/mol. The number of hydrogen-bond acceptors (Lipinski definition) is 1. The van der Waals surface area contributed by atoms with Crippen molar-refractivity contribution in [2.75, 3.05) is 13.6 Å². The zero-order valence-corrected chi connectivity index (χ0v) is 14.8. The second kappa shape index (κ2) is 6.18. The number of halogens is 2. The van der Waals surface area contributed by atoms with Gasteiger partial charge in [-0.2, -0.15) is 0 Å². The van der Waals surface area contributed by atoms with Crippen LogP contribution in [0.2, 0.25) is 10.0 Å². The van der Waals surface area contributed by atoms with Crippen LogP contribution >= 0.6 is 23.2 Å². The molecule has 2 nitrogen and oxygen atoms in total. The second-order valence-electron chi connectivity index (χ2n) is 6.15. The van der Waals surface area contributed by atoms with Crippen molar-refractivity contribution < 1.29 is 0 Å². The number of fused-ring (bicyclic) bond motifs is 3. The Bertz CT molecular complexity index is 975. The van der Waals surface area contributed by atoms with E-state index in [0.29, 0.717) is 0 Å². The molecule has 0 bridgehead atoms. The van der Waals surface area contributed by atoms with E-state index in [9.17, 15) is 0 Å². The fourth-order valence-corrected chi connectivity index (χ4v) is 3.55. The van der Waals surface area contributed by atoms with E-state index < -0.39 is 0 Å². The van der Waals surface area contributed by atoms with Crippen molar-refractivity contribution in [1.29, 1.82) is 0 Å². The topological polar surface area (TPSA) is 8.17 Å². The Morgan fingerprint density at radius 2 is 1.75 bits per heavy atom. The van der Waals surface area contributed by atoms with Crippen LogP contribution in [0.25, 0.3) is 10.9 Å². The standard InChI is InChI=1S/C20H16Cl2N2/c1-23-10-9-20-18(13-23)17-12-16(22)6-7-19(17)24(20)11-8-14-2-4-15(21)5-3-14/h2-7,12H,9-10,13H2,1H3. The molecule has 1 aliphatic rings. The predicted octanol–water partition coefficient (Wildman–Crippen LogP) is 4.79. The Morgan fingerprint density at radius 3 is 2.54 bits per heavy atom. The van der Waals surface area contributed by atoms with Crippen LogP contribution in [0.5, 0.6) is 0 Å². The van der Waals surface area contributed by atoms with Gasteiger partial charge in [-0.15, -0.1) is 0 Å². The minimum atomic E-state index is 0.724. The van der Waals surface area contributed by atoms with E-state index in [1.165, 1.54) is 16.6 Å². The Kier molecular flexibility index (Phi) is 4.02. The third-order valence-electron chi connectivity index (χ3n) is 4.46. The van der Waals surface area contributed by atoms with E-state index in [4.69, 9.17) is 23.2 Å². The third-order valence-corrected chi connectivity index (χ3v) is 4.94. The van der Waals surface area contributed by atoms with Gasteiger partial charge in [-0.05, 0) is 61.0 Å². The van der Waals surface area contributed by atoms with Gasteiger partial charge in [0.15, 0.2) is 0 Å². The lowest BCUT2D eigenvalue weighted by atomic mass is 10.1. The molecule has 0 saturated heterocycles. The van der Waals surface area contributed by atoms with Gasteiger partial charge in [0.05, 0.1) is 5.52 Å². The maximum Gasteiger partial charge on any atom is 0.0619 e. The largest absolute Gasteiger partial charge is 0.302 e. The normalized spacial score (nSPS) is 14.3. The maximum atomic E-state index is 6.22. The maximum absolute atomic E-state index is 6.22. The van der Waals surface area contributed by atoms with Crippen molar-refractivity contribution in [2.45, 2.75) is 13.0 Å². The molecule has 2 heterocycles. The molecule has 3 aromatic rings. The number of aromatic nitrogens is 1. The van der Waals surface area contributed by atoms with E-state index in [2.05, 4.69) is 40.6 Å². The van der Waals surface area contributed by atoms with E-state index in [1.54, 1.807) is 0 Å². The van der Waals surface area contributed by atoms with Gasteiger partial charge in [-0.1, -0.05) is 23.2 Å². The molecule has 0 amide bonds. The van der Waals surface area contributed by atoms with Crippen molar-refractivity contribution in [1.82, 2.24) is 9.47 Å². The molecular weight excluding hydrogens is 339 g/mol. The summed E-state index contributed by atoms with van der Waals surface area (Å²) in [6.45, 7) is 1.97. The van der Waals surface area contributed by atoms with E-state index in [-0.39, 0.29) is 0 Å². The van der Waals surface area contributed by atoms with Gasteiger partial charge < -0.3 is 4.90 Å². The van der Waals surface area contributed by atoms with Crippen LogP contribution in [0, 0.1) is 12.0 Å². The minimum absolute atomic E-state index is 0.724. The van der Waals surface area contributed by atoms with Crippen molar-refractivity contribution in [2.24, 2.45) is 0 Å². The highest BCUT2D eigenvalue weighted by molar-refractivity contribution is 6.31. The zero-order chi connectivity index (χ0) is 16.7. The minimum Gasteiger partial charge on any atom is -0.302 e. The van der Waals surface area contributed by atoms with E-state index in [1.807, 2.05) is 30.3 Å². The zero-order valence-electron chi connectivity index (χ0n) is 13.3. The van der Waals surface area contributed by atoms with Crippen molar-refractivity contribution in [3.8, 4) is 12.0 Å². The first-order valence-electron chi connectivity index (χ1n) is 7.89. The highest BCUT2D eigenvalue weighted by Crippen LogP contribution is 2.31. The summed E-state index contributed by atoms with van der Waals surface area (Å²) in [5.74, 6) is 3.25. The Balaban J connectivity index is 1.88. The first-order chi connectivity index (χ1) is 11.6. The molecule has 0 radical (unpaired) electrons. The molecule has 0 atom stereocenters. The lowest BCUT2D eigenvalue weighted by Crippen LogP contribution is -2.27. The average Bonchev–Trinajstić information content (AvgIpc) is 2.87. The van der Waals surface area contributed by atoms with Gasteiger partial charge in [0.25, 0.3) is 0 Å². The number of benzene rings is 2. The fraction of sp³-hybridized carbons (Fsp3) is 0.200. The molecule has 0 spiro atoms. The Labute approximate surface area is 151 Å². The molecule has 120 valence electrons. The van der Waals surface area contributed by atoms with Gasteiger partial charge in [-0.25, -0.2) is 0 Å². The first kappa shape index (κ1) is 15.6. The highest BCUT2D eigenvalue weighted by Gasteiger charge is 2.21. The second-order valence-corrected chi connectivity index (χ2v) is 7.03. The summed E-state index contributed by atoms with van der Waals surface area (Å²) in [4.78, 5) is 2.33. The van der Waals surface area contributed by atoms with Gasteiger partial charge in [0.2, 0.25) is 0 Å². The summed E-state index contributed by atoms with van der Waals surface area (Å²) in [5.41, 5.74) is 4.72. The number of nitrogens with zero attached hydrogens (tertiary/aromatic N) is 2. The van der Waals surface area contributed by atoms with Crippen molar-refractivity contribution in [3.63, 3.8) is 0 Å². The smallest absolute Gasteiger partial charge is 0.0619 e. The van der Waals surface area contributed by atoms with Gasteiger partial charge in [0, 0.05) is 52.2 Å². The molecule has 0 unspecified atom stereocenters. The molecule has 24 heavy (non-hydrogen) atoms. The summed E-state index contributed by atoms with van der Waals surface area (Å²) in [5, 5.41) is 2.69. The first-order valence-corrected chi connectivity index (χ1v) is 8.65. The van der Waals surface area contributed by atoms with Crippen molar-refractivity contribution >= 4 is 34.1 Å². The fourth-order valence-electron chi connectivity index (χ4n) is 3.25. The summed E-state index contributed by atoms with van der Waals surface area (Å²) >= 11 is 12.2. The van der Waals surface area contributed by atoms with Crippen LogP contribution in [0.3, 0.4) is 0 Å². The molecule has 1 aliphatic heterocycles. The summed E-state index contributed by atoms with van der Waals surface area (Å²) in [6, 6.07) is 17.0. The van der Waals surface area contributed by atoms with Crippen LogP contribution in [-0.2, 0) is 13.0 Å². The summed E-state index contributed by atoms with van der Waals surface area (Å²) < 4.78 is 2.13. The van der Waals surface area contributed by atoms with E-state index >= 15 is 0 Å². The monoisotopic (exact) mass is 354 g/mol. The SMILES string of the molecule is CN1CCc2c(c3cc(Cl)ccc3n2C#Cc2ccc(Cl)cc2)C1. The molecule has 0 saturated carbocycles. The van der Waals surface area contributed by atoms with E-state index in [0.717, 1.165) is 40.6 Å². The Hall–Kier alpha value is -1.92. The summed E-state index contributed by atoms with van der Waals surface area (Å²) in [6.07, 6.45) is 0.993. The number of hydrogen-bond donors (Lipinski definition) is 0. The van der Waals surface area contributed by atoms with Crippen molar-refractivity contribution in [3.05, 3.63) is 69.3 Å². The predicted molar refractivity (Wildman–Crippen MR) is 101 cm³/mol. The van der Waals surface area contributed by atoms with Crippen LogP contribution in [0.15, 0.2) is 42.5 Å². The number of likely N-dealkylation sites (N-methyl/N-ethyl adjacent to an activating group) is 1. The Morgan fingerprint density at radius 1 is 1.00 bits per heavy atom. The lowest BCUT2D eigenvalue weighted by molar-refractivity contribution is 0.311. The molecule has 0 fully saturated rings. The molecule has 0 aliphatic carbocycles. The summed E-state index contributed by atoms with van der Waals surface area (Å²) in [7, 11) is 2.15. The highest BCUT2D eigenvalue weighted by atomic mass is 35.5. The molecule has 2 aromatic carbocycles. The molecular formula is C20H16Cl2N2.